The van der Waals surface area contributed by atoms with Crippen molar-refractivity contribution in [2.45, 2.75) is 26.4 Å². The largest absolute Gasteiger partial charge is 0.443 e. The second-order valence-corrected chi connectivity index (χ2v) is 6.51. The Labute approximate surface area is 152 Å². The van der Waals surface area contributed by atoms with Gasteiger partial charge in [-0.05, 0) is 45.0 Å². The molecule has 3 N–H and O–H groups in total. The van der Waals surface area contributed by atoms with Gasteiger partial charge in [0.15, 0.2) is 0 Å². The summed E-state index contributed by atoms with van der Waals surface area (Å²) < 4.78 is 5.24. The number of nitrogens with zero attached hydrogens (tertiary/aromatic N) is 2. The lowest BCUT2D eigenvalue weighted by Crippen LogP contribution is -2.37. The van der Waals surface area contributed by atoms with Crippen LogP contribution in [0.5, 0.6) is 0 Å². The molecule has 0 aliphatic heterocycles. The molecule has 0 heterocycles. The fraction of sp³-hybridized carbons (Fsp3) is 0.353. The lowest BCUT2D eigenvalue weighted by molar-refractivity contribution is -0.112. The molecule has 25 heavy (non-hydrogen) atoms. The van der Waals surface area contributed by atoms with Crippen LogP contribution in [0.1, 0.15) is 20.8 Å². The number of anilines is 1. The van der Waals surface area contributed by atoms with Gasteiger partial charge in [-0.25, -0.2) is 4.79 Å². The first kappa shape index (κ1) is 20.5. The minimum atomic E-state index is -0.712. The van der Waals surface area contributed by atoms with Gasteiger partial charge < -0.3 is 15.8 Å². The van der Waals surface area contributed by atoms with E-state index in [1.54, 1.807) is 51.1 Å². The van der Waals surface area contributed by atoms with Crippen LogP contribution in [0.25, 0.3) is 0 Å². The zero-order chi connectivity index (χ0) is 19.0. The first-order valence-electron chi connectivity index (χ1n) is 7.55. The Bertz CT molecular complexity index is 687. The van der Waals surface area contributed by atoms with Crippen molar-refractivity contribution in [2.24, 2.45) is 5.73 Å². The Morgan fingerprint density at radius 3 is 2.44 bits per heavy atom. The van der Waals surface area contributed by atoms with Crippen LogP contribution >= 0.6 is 11.6 Å². The average molecular weight is 365 g/mol. The second kappa shape index (κ2) is 9.06. The predicted molar refractivity (Wildman–Crippen MR) is 95.8 cm³/mol. The molecule has 2 amide bonds. The van der Waals surface area contributed by atoms with Gasteiger partial charge in [0.25, 0.3) is 5.91 Å². The molecule has 0 radical (unpaired) electrons. The summed E-state index contributed by atoms with van der Waals surface area (Å²) in [5.74, 6) is -0.657. The predicted octanol–water partition coefficient (Wildman–Crippen LogP) is 2.88. The molecular formula is C17H21ClN4O3. The summed E-state index contributed by atoms with van der Waals surface area (Å²) in [6.07, 6.45) is 0.441. The number of amides is 2. The van der Waals surface area contributed by atoms with E-state index < -0.39 is 17.6 Å². The van der Waals surface area contributed by atoms with Crippen LogP contribution in [0.3, 0.4) is 0 Å². The topological polar surface area (TPSA) is 108 Å². The number of nitrogens with two attached hydrogens (primary N) is 1. The van der Waals surface area contributed by atoms with Gasteiger partial charge in [0, 0.05) is 30.0 Å². The highest BCUT2D eigenvalue weighted by Crippen LogP contribution is 2.15. The molecule has 8 heteroatoms. The second-order valence-electron chi connectivity index (χ2n) is 6.08. The molecule has 0 atom stereocenters. The Morgan fingerprint density at radius 2 is 1.96 bits per heavy atom. The smallest absolute Gasteiger partial charge is 0.414 e. The van der Waals surface area contributed by atoms with Gasteiger partial charge in [-0.1, -0.05) is 11.6 Å². The minimum Gasteiger partial charge on any atom is -0.443 e. The minimum absolute atomic E-state index is 0.105. The first-order valence-corrected chi connectivity index (χ1v) is 7.92. The van der Waals surface area contributed by atoms with Crippen LogP contribution in [0.4, 0.5) is 10.5 Å². The number of hydrogen-bond donors (Lipinski definition) is 2. The number of ether oxygens (including phenoxy) is 1. The van der Waals surface area contributed by atoms with Crippen LogP contribution in [-0.4, -0.2) is 35.6 Å². The Balaban J connectivity index is 2.95. The molecule has 7 nitrogen and oxygen atoms in total. The number of carbonyl (C=O) groups excluding carboxylic acids is 2. The molecule has 0 saturated heterocycles. The molecule has 0 fully saturated rings. The number of benzene rings is 1. The molecule has 0 saturated carbocycles. The lowest BCUT2D eigenvalue weighted by atomic mass is 10.2. The molecule has 0 aromatic heterocycles. The monoisotopic (exact) mass is 364 g/mol. The van der Waals surface area contributed by atoms with Gasteiger partial charge in [0.05, 0.1) is 0 Å². The summed E-state index contributed by atoms with van der Waals surface area (Å²) in [5, 5.41) is 12.3. The van der Waals surface area contributed by atoms with Crippen molar-refractivity contribution in [2.75, 3.05) is 18.4 Å². The summed E-state index contributed by atoms with van der Waals surface area (Å²) in [7, 11) is 0. The standard InChI is InChI=1S/C17H21ClN4O3/c1-17(2,3)25-16(24)22(9-8-19)11-12(10-20)15(23)21-14-6-4-13(18)5-7-14/h4-7,11H,8-9,19H2,1-3H3,(H,21,23)/b12-11-. The zero-order valence-electron chi connectivity index (χ0n) is 14.4. The third-order valence-corrected chi connectivity index (χ3v) is 3.00. The van der Waals surface area contributed by atoms with Crippen molar-refractivity contribution in [3.05, 3.63) is 41.1 Å². The maximum absolute atomic E-state index is 12.2. The number of rotatable bonds is 5. The molecule has 0 spiro atoms. The van der Waals surface area contributed by atoms with E-state index in [2.05, 4.69) is 5.32 Å². The molecule has 1 rings (SSSR count). The molecule has 0 aliphatic carbocycles. The van der Waals surface area contributed by atoms with Crippen molar-refractivity contribution >= 4 is 29.3 Å². The Morgan fingerprint density at radius 1 is 1.36 bits per heavy atom. The number of nitrogens with one attached hydrogen (secondary N) is 1. The normalized spacial score (nSPS) is 11.4. The quantitative estimate of drug-likeness (QED) is 0.616. The average Bonchev–Trinajstić information content (AvgIpc) is 2.51. The van der Waals surface area contributed by atoms with Crippen molar-refractivity contribution in [1.82, 2.24) is 4.90 Å². The highest BCUT2D eigenvalue weighted by Gasteiger charge is 2.22. The first-order chi connectivity index (χ1) is 11.7. The van der Waals surface area contributed by atoms with Gasteiger partial charge in [-0.15, -0.1) is 0 Å². The lowest BCUT2D eigenvalue weighted by Gasteiger charge is -2.25. The molecular weight excluding hydrogens is 344 g/mol. The third kappa shape index (κ3) is 7.25. The van der Waals surface area contributed by atoms with E-state index in [1.807, 2.05) is 0 Å². The van der Waals surface area contributed by atoms with Crippen LogP contribution in [0.2, 0.25) is 5.02 Å². The van der Waals surface area contributed by atoms with Gasteiger partial charge in [0.2, 0.25) is 0 Å². The molecule has 0 aliphatic rings. The molecule has 1 aromatic rings. The van der Waals surface area contributed by atoms with Crippen LogP contribution in [0, 0.1) is 11.3 Å². The fourth-order valence-corrected chi connectivity index (χ4v) is 1.82. The number of hydrogen-bond acceptors (Lipinski definition) is 5. The van der Waals surface area contributed by atoms with E-state index in [0.717, 1.165) is 11.1 Å². The van der Waals surface area contributed by atoms with Crippen LogP contribution in [0.15, 0.2) is 36.0 Å². The van der Waals surface area contributed by atoms with E-state index in [0.29, 0.717) is 10.7 Å². The van der Waals surface area contributed by atoms with Crippen molar-refractivity contribution in [3.63, 3.8) is 0 Å². The van der Waals surface area contributed by atoms with Gasteiger partial charge in [-0.3, -0.25) is 9.69 Å². The highest BCUT2D eigenvalue weighted by atomic mass is 35.5. The molecule has 0 unspecified atom stereocenters. The van der Waals surface area contributed by atoms with Crippen LogP contribution in [-0.2, 0) is 9.53 Å². The number of nitriles is 1. The summed E-state index contributed by atoms with van der Waals surface area (Å²) in [5.41, 5.74) is 4.99. The van der Waals surface area contributed by atoms with E-state index >= 15 is 0 Å². The Kier molecular flexibility index (Phi) is 7.43. The zero-order valence-corrected chi connectivity index (χ0v) is 15.1. The maximum Gasteiger partial charge on any atom is 0.414 e. The van der Waals surface area contributed by atoms with E-state index in [9.17, 15) is 14.9 Å². The highest BCUT2D eigenvalue weighted by molar-refractivity contribution is 6.30. The Hall–Kier alpha value is -2.56. The SMILES string of the molecule is CC(C)(C)OC(=O)N(/C=C(/C#N)C(=O)Nc1ccc(Cl)cc1)CCN. The number of halogens is 1. The fourth-order valence-electron chi connectivity index (χ4n) is 1.69. The van der Waals surface area contributed by atoms with E-state index in [-0.39, 0.29) is 18.7 Å². The summed E-state index contributed by atoms with van der Waals surface area (Å²) in [6.45, 7) is 5.40. The molecule has 1 aromatic carbocycles. The van der Waals surface area contributed by atoms with Crippen molar-refractivity contribution < 1.29 is 14.3 Å². The molecule has 134 valence electrons. The van der Waals surface area contributed by atoms with Gasteiger partial charge in [-0.2, -0.15) is 5.26 Å². The summed E-state index contributed by atoms with van der Waals surface area (Å²) in [6, 6.07) is 8.18. The summed E-state index contributed by atoms with van der Waals surface area (Å²) >= 11 is 5.78. The van der Waals surface area contributed by atoms with Crippen LogP contribution < -0.4 is 11.1 Å². The van der Waals surface area contributed by atoms with Gasteiger partial charge in [0.1, 0.15) is 17.2 Å². The number of carbonyl (C=O) groups is 2. The molecule has 0 bridgehead atoms. The van der Waals surface area contributed by atoms with E-state index in [1.165, 1.54) is 0 Å². The van der Waals surface area contributed by atoms with E-state index in [4.69, 9.17) is 22.1 Å². The maximum atomic E-state index is 12.2. The van der Waals surface area contributed by atoms with Gasteiger partial charge >= 0.3 is 6.09 Å². The van der Waals surface area contributed by atoms with Crippen molar-refractivity contribution in [1.29, 1.82) is 5.26 Å². The van der Waals surface area contributed by atoms with Crippen molar-refractivity contribution in [3.8, 4) is 6.07 Å². The third-order valence-electron chi connectivity index (χ3n) is 2.75. The summed E-state index contributed by atoms with van der Waals surface area (Å²) in [4.78, 5) is 25.5.